The van der Waals surface area contributed by atoms with Gasteiger partial charge >= 0.3 is 0 Å². The fourth-order valence-electron chi connectivity index (χ4n) is 6.00. The predicted octanol–water partition coefficient (Wildman–Crippen LogP) is 4.56. The highest BCUT2D eigenvalue weighted by molar-refractivity contribution is 6.57. The maximum atomic E-state index is 6.42. The molecule has 3 aromatic rings. The SMILES string of the molecule is COc1cccc([Si]C(C)CC(CC(C)[Si]c2cccc(OC)c2OC)(CC(C)[Si]c2cccc(OC)c2OC)O[Si])c1OC. The van der Waals surface area contributed by atoms with Crippen LogP contribution in [0.2, 0.25) is 16.6 Å². The number of methoxy groups -OCH3 is 6. The van der Waals surface area contributed by atoms with E-state index in [1.807, 2.05) is 36.4 Å². The Labute approximate surface area is 280 Å². The molecular weight excluding hydrogens is 633 g/mol. The van der Waals surface area contributed by atoms with Crippen molar-refractivity contribution in [2.45, 2.75) is 62.3 Å². The van der Waals surface area contributed by atoms with Gasteiger partial charge in [-0.05, 0) is 69.6 Å². The first kappa shape index (κ1) is 36.8. The van der Waals surface area contributed by atoms with Crippen LogP contribution in [0.25, 0.3) is 0 Å². The second-order valence-electron chi connectivity index (χ2n) is 11.2. The summed E-state index contributed by atoms with van der Waals surface area (Å²) in [5.41, 5.74) is 0.551. The molecule has 7 nitrogen and oxygen atoms in total. The first-order valence-electron chi connectivity index (χ1n) is 14.9. The molecule has 0 spiro atoms. The molecule has 0 fully saturated rings. The Morgan fingerprint density at radius 2 is 0.800 bits per heavy atom. The first-order chi connectivity index (χ1) is 21.7. The van der Waals surface area contributed by atoms with E-state index in [-0.39, 0.29) is 0 Å². The molecule has 0 heterocycles. The number of hydrogen-bond acceptors (Lipinski definition) is 7. The molecule has 0 saturated carbocycles. The van der Waals surface area contributed by atoms with E-state index >= 15 is 0 Å². The topological polar surface area (TPSA) is 64.6 Å². The lowest BCUT2D eigenvalue weighted by molar-refractivity contribution is 0.0488. The molecule has 3 unspecified atom stereocenters. The normalized spacial score (nSPS) is 14.5. The van der Waals surface area contributed by atoms with Crippen LogP contribution in [0, 0.1) is 0 Å². The van der Waals surface area contributed by atoms with Crippen LogP contribution in [-0.4, -0.2) is 87.3 Å². The van der Waals surface area contributed by atoms with E-state index in [1.54, 1.807) is 42.7 Å². The van der Waals surface area contributed by atoms with Gasteiger partial charge in [-0.2, -0.15) is 0 Å². The lowest BCUT2D eigenvalue weighted by atomic mass is 9.87. The molecule has 0 N–H and O–H groups in total. The van der Waals surface area contributed by atoms with Crippen molar-refractivity contribution in [3.05, 3.63) is 54.6 Å². The van der Waals surface area contributed by atoms with Gasteiger partial charge in [0.2, 0.25) is 10.5 Å². The number of ether oxygens (including phenoxy) is 6. The fraction of sp³-hybridized carbons (Fsp3) is 0.471. The number of para-hydroxylation sites is 3. The van der Waals surface area contributed by atoms with Crippen molar-refractivity contribution in [2.24, 2.45) is 0 Å². The third-order valence-corrected chi connectivity index (χ3v) is 12.3. The molecule has 9 radical (unpaired) electrons. The number of benzene rings is 3. The van der Waals surface area contributed by atoms with Gasteiger partial charge in [0.15, 0.2) is 34.5 Å². The highest BCUT2D eigenvalue weighted by Gasteiger charge is 2.36. The molecule has 11 heteroatoms. The zero-order valence-corrected chi connectivity index (χ0v) is 31.9. The highest BCUT2D eigenvalue weighted by atomic mass is 28.2. The summed E-state index contributed by atoms with van der Waals surface area (Å²) in [6.45, 7) is 6.90. The molecular formula is C34H45O7Si4. The maximum absolute atomic E-state index is 6.42. The van der Waals surface area contributed by atoms with E-state index in [0.29, 0.717) is 45.2 Å². The van der Waals surface area contributed by atoms with E-state index in [1.165, 1.54) is 0 Å². The molecule has 0 aliphatic heterocycles. The zero-order valence-electron chi connectivity index (χ0n) is 27.9. The summed E-state index contributed by atoms with van der Waals surface area (Å²) >= 11 is 0. The Kier molecular flexibility index (Phi) is 14.6. The van der Waals surface area contributed by atoms with Gasteiger partial charge in [-0.15, -0.1) is 0 Å². The Bertz CT molecular complexity index is 1200. The van der Waals surface area contributed by atoms with Crippen molar-refractivity contribution in [3.63, 3.8) is 0 Å². The zero-order chi connectivity index (χ0) is 33.0. The van der Waals surface area contributed by atoms with Gasteiger partial charge in [0.05, 0.1) is 76.8 Å². The molecule has 0 saturated heterocycles. The van der Waals surface area contributed by atoms with Crippen LogP contribution in [0.1, 0.15) is 40.0 Å². The quantitative estimate of drug-likeness (QED) is 0.173. The molecule has 0 bridgehead atoms. The Balaban J connectivity index is 1.91. The smallest absolute Gasteiger partial charge is 0.247 e. The predicted molar refractivity (Wildman–Crippen MR) is 186 cm³/mol. The molecule has 3 rings (SSSR count). The lowest BCUT2D eigenvalue weighted by Gasteiger charge is -2.39. The molecule has 3 atom stereocenters. The van der Waals surface area contributed by atoms with Crippen molar-refractivity contribution in [3.8, 4) is 34.5 Å². The van der Waals surface area contributed by atoms with Gasteiger partial charge in [0.25, 0.3) is 0 Å². The number of rotatable bonds is 19. The fourth-order valence-corrected chi connectivity index (χ4v) is 10.9. The van der Waals surface area contributed by atoms with Crippen molar-refractivity contribution in [2.75, 3.05) is 42.7 Å². The average Bonchev–Trinajstić information content (AvgIpc) is 3.03. The summed E-state index contributed by atoms with van der Waals surface area (Å²) in [6.07, 6.45) is 2.59. The Hall–Kier alpha value is -2.71. The van der Waals surface area contributed by atoms with Gasteiger partial charge < -0.3 is 32.8 Å². The van der Waals surface area contributed by atoms with Gasteiger partial charge in [-0.25, -0.2) is 0 Å². The highest BCUT2D eigenvalue weighted by Crippen LogP contribution is 2.40. The molecule has 0 aliphatic carbocycles. The van der Waals surface area contributed by atoms with E-state index < -0.39 is 5.60 Å². The molecule has 239 valence electrons. The van der Waals surface area contributed by atoms with E-state index in [4.69, 9.17) is 32.8 Å². The minimum Gasteiger partial charge on any atom is -0.493 e. The van der Waals surface area contributed by atoms with Gasteiger partial charge in [-0.1, -0.05) is 57.2 Å². The summed E-state index contributed by atoms with van der Waals surface area (Å²) < 4.78 is 40.5. The average molecular weight is 678 g/mol. The van der Waals surface area contributed by atoms with Gasteiger partial charge in [0, 0.05) is 0 Å². The monoisotopic (exact) mass is 677 g/mol. The second kappa shape index (κ2) is 17.8. The van der Waals surface area contributed by atoms with Crippen molar-refractivity contribution < 1.29 is 32.8 Å². The summed E-state index contributed by atoms with van der Waals surface area (Å²) in [4.78, 5) is 0. The maximum Gasteiger partial charge on any atom is 0.247 e. The van der Waals surface area contributed by atoms with E-state index in [9.17, 15) is 0 Å². The van der Waals surface area contributed by atoms with Crippen LogP contribution >= 0.6 is 0 Å². The van der Waals surface area contributed by atoms with Crippen molar-refractivity contribution >= 4 is 54.6 Å². The molecule has 0 aliphatic rings. The minimum absolute atomic E-state index is 0.325. The molecule has 45 heavy (non-hydrogen) atoms. The third-order valence-electron chi connectivity index (χ3n) is 7.67. The van der Waals surface area contributed by atoms with E-state index in [2.05, 4.69) is 49.5 Å². The third kappa shape index (κ3) is 9.64. The van der Waals surface area contributed by atoms with Crippen LogP contribution in [0.5, 0.6) is 34.5 Å². The van der Waals surface area contributed by atoms with Crippen molar-refractivity contribution in [1.82, 2.24) is 0 Å². The van der Waals surface area contributed by atoms with Crippen LogP contribution < -0.4 is 44.0 Å². The summed E-state index contributed by atoms with van der Waals surface area (Å²) in [7, 11) is 15.3. The van der Waals surface area contributed by atoms with Crippen LogP contribution in [-0.2, 0) is 4.43 Å². The lowest BCUT2D eigenvalue weighted by Crippen LogP contribution is -2.40. The van der Waals surface area contributed by atoms with Gasteiger partial charge in [-0.3, -0.25) is 0 Å². The summed E-state index contributed by atoms with van der Waals surface area (Å²) in [5.74, 6) is 4.66. The second-order valence-corrected chi connectivity index (χ2v) is 16.8. The first-order valence-corrected chi connectivity index (χ1v) is 18.6. The molecule has 3 aromatic carbocycles. The standard InChI is InChI=1S/C34H45O7Si4/c1-22(43-28-16-10-13-25(35-4)31(28)38-7)19-34(41-42,20-23(2)44-29-17-11-14-26(36-5)32(29)39-8)21-24(3)45-30-18-12-15-27(37-6)33(30)40-9/h10-18,22-24H,19-21H2,1-9H3. The number of hydrogen-bond donors (Lipinski definition) is 0. The van der Waals surface area contributed by atoms with Crippen LogP contribution in [0.15, 0.2) is 54.6 Å². The van der Waals surface area contributed by atoms with Crippen LogP contribution in [0.3, 0.4) is 0 Å². The Morgan fingerprint density at radius 3 is 1.02 bits per heavy atom. The van der Waals surface area contributed by atoms with E-state index in [0.717, 1.165) is 69.3 Å². The molecule has 0 aromatic heterocycles. The summed E-state index contributed by atoms with van der Waals surface area (Å²) in [6, 6.07) is 18.3. The van der Waals surface area contributed by atoms with Crippen LogP contribution in [0.4, 0.5) is 0 Å². The largest absolute Gasteiger partial charge is 0.493 e. The minimum atomic E-state index is -0.424. The molecule has 0 amide bonds. The summed E-state index contributed by atoms with van der Waals surface area (Å²) in [5, 5.41) is 3.46. The van der Waals surface area contributed by atoms with Gasteiger partial charge in [0.1, 0.15) is 0 Å². The Morgan fingerprint density at radius 1 is 0.511 bits per heavy atom. The van der Waals surface area contributed by atoms with Crippen molar-refractivity contribution in [1.29, 1.82) is 0 Å².